The van der Waals surface area contributed by atoms with Crippen molar-refractivity contribution in [1.29, 1.82) is 0 Å². The Labute approximate surface area is 187 Å². The molecule has 2 aromatic rings. The molecular formula is C24H24ClNO5. The van der Waals surface area contributed by atoms with Gasteiger partial charge in [0.05, 0.1) is 7.11 Å². The minimum atomic E-state index is -0.846. The lowest BCUT2D eigenvalue weighted by Crippen LogP contribution is -2.41. The van der Waals surface area contributed by atoms with Crippen molar-refractivity contribution in [1.82, 2.24) is 5.32 Å². The third-order valence-electron chi connectivity index (χ3n) is 4.13. The molecule has 0 heterocycles. The van der Waals surface area contributed by atoms with Crippen molar-refractivity contribution < 1.29 is 23.7 Å². The van der Waals surface area contributed by atoms with Crippen LogP contribution in [-0.2, 0) is 16.0 Å². The summed E-state index contributed by atoms with van der Waals surface area (Å²) >= 11 is 5.86. The molecule has 0 saturated carbocycles. The van der Waals surface area contributed by atoms with Crippen LogP contribution in [0, 0.1) is 24.7 Å². The molecule has 0 aliphatic heterocycles. The molecule has 1 amide bonds. The Morgan fingerprint density at radius 3 is 2.48 bits per heavy atom. The summed E-state index contributed by atoms with van der Waals surface area (Å²) in [6.07, 6.45) is 10.2. The fourth-order valence-electron chi connectivity index (χ4n) is 2.60. The molecule has 0 saturated heterocycles. The standard InChI is InChI=1S/C24H24ClNO5/c1-4-14-29-21-11-6-18(16-22(21)28-3)12-13-26-24(27)23(30-15-5-2)17-31-20-9-7-19(25)8-10-20/h1-2,6-11,16,23H,12-15,17H2,3H3,(H,26,27)/t23-/m0/s1. The van der Waals surface area contributed by atoms with Gasteiger partial charge in [0.1, 0.15) is 25.6 Å². The predicted octanol–water partition coefficient (Wildman–Crippen LogP) is 3.12. The molecule has 0 aliphatic rings. The monoisotopic (exact) mass is 441 g/mol. The summed E-state index contributed by atoms with van der Waals surface area (Å²) in [5.74, 6) is 6.17. The number of ether oxygens (including phenoxy) is 4. The van der Waals surface area contributed by atoms with Crippen LogP contribution >= 0.6 is 11.6 Å². The zero-order valence-corrected chi connectivity index (χ0v) is 18.0. The molecule has 2 rings (SSSR count). The molecule has 0 unspecified atom stereocenters. The van der Waals surface area contributed by atoms with Gasteiger partial charge in [-0.3, -0.25) is 4.79 Å². The maximum absolute atomic E-state index is 12.5. The number of halogens is 1. The van der Waals surface area contributed by atoms with Crippen LogP contribution in [0.4, 0.5) is 0 Å². The van der Waals surface area contributed by atoms with Crippen LogP contribution in [0.2, 0.25) is 5.02 Å². The number of carbonyl (C=O) groups excluding carboxylic acids is 1. The van der Waals surface area contributed by atoms with Gasteiger partial charge in [-0.05, 0) is 48.4 Å². The van der Waals surface area contributed by atoms with E-state index in [1.807, 2.05) is 12.1 Å². The number of carbonyl (C=O) groups is 1. The number of terminal acetylenes is 2. The molecule has 0 bridgehead atoms. The molecule has 6 nitrogen and oxygen atoms in total. The number of rotatable bonds is 12. The molecule has 1 N–H and O–H groups in total. The average Bonchev–Trinajstić information content (AvgIpc) is 2.79. The Morgan fingerprint density at radius 2 is 1.81 bits per heavy atom. The van der Waals surface area contributed by atoms with Gasteiger partial charge in [-0.25, -0.2) is 0 Å². The summed E-state index contributed by atoms with van der Waals surface area (Å²) in [5.41, 5.74) is 0.962. The first-order valence-corrected chi connectivity index (χ1v) is 9.89. The topological polar surface area (TPSA) is 66.0 Å². The summed E-state index contributed by atoms with van der Waals surface area (Å²) in [5, 5.41) is 3.43. The number of benzene rings is 2. The van der Waals surface area contributed by atoms with Gasteiger partial charge in [0.2, 0.25) is 0 Å². The highest BCUT2D eigenvalue weighted by Gasteiger charge is 2.20. The van der Waals surface area contributed by atoms with Gasteiger partial charge in [0.25, 0.3) is 5.91 Å². The normalized spacial score (nSPS) is 11.0. The van der Waals surface area contributed by atoms with E-state index in [1.54, 1.807) is 37.4 Å². The van der Waals surface area contributed by atoms with Crippen molar-refractivity contribution in [3.63, 3.8) is 0 Å². The fraction of sp³-hybridized carbons (Fsp3) is 0.292. The van der Waals surface area contributed by atoms with E-state index in [-0.39, 0.29) is 25.7 Å². The van der Waals surface area contributed by atoms with Crippen LogP contribution in [-0.4, -0.2) is 45.5 Å². The number of amides is 1. The number of methoxy groups -OCH3 is 1. The van der Waals surface area contributed by atoms with Gasteiger partial charge in [-0.15, -0.1) is 12.8 Å². The molecule has 31 heavy (non-hydrogen) atoms. The maximum Gasteiger partial charge on any atom is 0.252 e. The quantitative estimate of drug-likeness (QED) is 0.513. The molecule has 0 fully saturated rings. The van der Waals surface area contributed by atoms with Gasteiger partial charge in [-0.1, -0.05) is 29.5 Å². The fourth-order valence-corrected chi connectivity index (χ4v) is 2.73. The summed E-state index contributed by atoms with van der Waals surface area (Å²) < 4.78 is 21.8. The van der Waals surface area contributed by atoms with Gasteiger partial charge in [0, 0.05) is 11.6 Å². The summed E-state index contributed by atoms with van der Waals surface area (Å²) in [4.78, 5) is 12.5. The Balaban J connectivity index is 1.89. The Bertz CT molecular complexity index is 930. The van der Waals surface area contributed by atoms with Crippen LogP contribution in [0.15, 0.2) is 42.5 Å². The summed E-state index contributed by atoms with van der Waals surface area (Å²) in [6.45, 7) is 0.564. The van der Waals surface area contributed by atoms with Gasteiger partial charge < -0.3 is 24.3 Å². The largest absolute Gasteiger partial charge is 0.493 e. The number of hydrogen-bond donors (Lipinski definition) is 1. The smallest absolute Gasteiger partial charge is 0.252 e. The van der Waals surface area contributed by atoms with E-state index in [0.29, 0.717) is 35.2 Å². The number of nitrogens with one attached hydrogen (secondary N) is 1. The Kier molecular flexibility index (Phi) is 10.1. The minimum absolute atomic E-state index is 0.00160. The molecule has 7 heteroatoms. The second kappa shape index (κ2) is 13.1. The Hall–Kier alpha value is -3.32. The lowest BCUT2D eigenvalue weighted by molar-refractivity contribution is -0.133. The zero-order chi connectivity index (χ0) is 22.5. The van der Waals surface area contributed by atoms with E-state index in [1.165, 1.54) is 0 Å². The third kappa shape index (κ3) is 8.14. The molecule has 2 aromatic carbocycles. The van der Waals surface area contributed by atoms with Crippen LogP contribution < -0.4 is 19.5 Å². The van der Waals surface area contributed by atoms with Crippen molar-refractivity contribution in [2.45, 2.75) is 12.5 Å². The molecule has 0 spiro atoms. The molecule has 0 aliphatic carbocycles. The van der Waals surface area contributed by atoms with E-state index in [9.17, 15) is 4.79 Å². The van der Waals surface area contributed by atoms with E-state index in [4.69, 9.17) is 43.4 Å². The van der Waals surface area contributed by atoms with E-state index >= 15 is 0 Å². The third-order valence-corrected chi connectivity index (χ3v) is 4.38. The molecule has 162 valence electrons. The lowest BCUT2D eigenvalue weighted by atomic mass is 10.1. The van der Waals surface area contributed by atoms with Gasteiger partial charge in [0.15, 0.2) is 17.6 Å². The lowest BCUT2D eigenvalue weighted by Gasteiger charge is -2.17. The van der Waals surface area contributed by atoms with Crippen molar-refractivity contribution in [3.8, 4) is 41.9 Å². The van der Waals surface area contributed by atoms with E-state index in [0.717, 1.165) is 5.56 Å². The van der Waals surface area contributed by atoms with Gasteiger partial charge >= 0.3 is 0 Å². The zero-order valence-electron chi connectivity index (χ0n) is 17.2. The van der Waals surface area contributed by atoms with Crippen molar-refractivity contribution in [2.75, 3.05) is 33.5 Å². The molecule has 0 radical (unpaired) electrons. The second-order valence-corrected chi connectivity index (χ2v) is 6.72. The summed E-state index contributed by atoms with van der Waals surface area (Å²) in [6, 6.07) is 12.3. The first-order chi connectivity index (χ1) is 15.1. The first-order valence-electron chi connectivity index (χ1n) is 9.51. The van der Waals surface area contributed by atoms with E-state index in [2.05, 4.69) is 17.2 Å². The minimum Gasteiger partial charge on any atom is -0.493 e. The maximum atomic E-state index is 12.5. The van der Waals surface area contributed by atoms with Crippen molar-refractivity contribution in [2.24, 2.45) is 0 Å². The van der Waals surface area contributed by atoms with Crippen LogP contribution in [0.1, 0.15) is 5.56 Å². The molecule has 1 atom stereocenters. The van der Waals surface area contributed by atoms with Crippen LogP contribution in [0.25, 0.3) is 0 Å². The number of hydrogen-bond acceptors (Lipinski definition) is 5. The van der Waals surface area contributed by atoms with Crippen LogP contribution in [0.3, 0.4) is 0 Å². The molecule has 0 aromatic heterocycles. The average molecular weight is 442 g/mol. The second-order valence-electron chi connectivity index (χ2n) is 6.29. The summed E-state index contributed by atoms with van der Waals surface area (Å²) in [7, 11) is 1.55. The predicted molar refractivity (Wildman–Crippen MR) is 120 cm³/mol. The molecular weight excluding hydrogens is 418 g/mol. The van der Waals surface area contributed by atoms with Crippen LogP contribution in [0.5, 0.6) is 17.2 Å². The van der Waals surface area contributed by atoms with Crippen molar-refractivity contribution in [3.05, 3.63) is 53.1 Å². The SMILES string of the molecule is C#CCOc1ccc(CCNC(=O)[C@H](COc2ccc(Cl)cc2)OCC#C)cc1OC. The van der Waals surface area contributed by atoms with Gasteiger partial charge in [-0.2, -0.15) is 0 Å². The highest BCUT2D eigenvalue weighted by molar-refractivity contribution is 6.30. The highest BCUT2D eigenvalue weighted by atomic mass is 35.5. The first kappa shape index (κ1) is 24.0. The van der Waals surface area contributed by atoms with E-state index < -0.39 is 6.10 Å². The Morgan fingerprint density at radius 1 is 1.06 bits per heavy atom. The highest BCUT2D eigenvalue weighted by Crippen LogP contribution is 2.28. The van der Waals surface area contributed by atoms with Crippen molar-refractivity contribution >= 4 is 17.5 Å².